The van der Waals surface area contributed by atoms with Crippen LogP contribution in [-0.4, -0.2) is 28.3 Å². The van der Waals surface area contributed by atoms with Crippen LogP contribution in [0.15, 0.2) is 47.4 Å². The van der Waals surface area contributed by atoms with Crippen molar-refractivity contribution < 1.29 is 9.90 Å². The first kappa shape index (κ1) is 21.5. The number of aryl methyl sites for hydroxylation is 2. The molecule has 4 heteroatoms. The largest absolute Gasteiger partial charge is 0.481 e. The average Bonchev–Trinajstić information content (AvgIpc) is 2.63. The summed E-state index contributed by atoms with van der Waals surface area (Å²) in [6, 6.07) is 15.1. The third kappa shape index (κ3) is 7.77. The topological polar surface area (TPSA) is 40.5 Å². The molecule has 0 spiro atoms. The van der Waals surface area contributed by atoms with Crippen molar-refractivity contribution in [2.75, 3.05) is 12.3 Å². The van der Waals surface area contributed by atoms with Crippen molar-refractivity contribution in [1.82, 2.24) is 4.90 Å². The van der Waals surface area contributed by atoms with Crippen molar-refractivity contribution >= 4 is 17.7 Å². The zero-order valence-corrected chi connectivity index (χ0v) is 17.5. The maximum Gasteiger partial charge on any atom is 0.304 e. The maximum absolute atomic E-state index is 11.1. The molecule has 0 atom stereocenters. The molecule has 0 unspecified atom stereocenters. The predicted molar refractivity (Wildman–Crippen MR) is 114 cm³/mol. The summed E-state index contributed by atoms with van der Waals surface area (Å²) in [6.07, 6.45) is 2.60. The SMILES string of the molecule is CCCCSc1cccc(CN(CCC(=O)O)Cc2cc(C)ccc2C)c1. The Bertz CT molecular complexity index is 745. The molecule has 2 rings (SSSR count). The lowest BCUT2D eigenvalue weighted by Crippen LogP contribution is -2.26. The van der Waals surface area contributed by atoms with Crippen LogP contribution in [0.3, 0.4) is 0 Å². The van der Waals surface area contributed by atoms with E-state index in [1.165, 1.54) is 40.0 Å². The second kappa shape index (κ2) is 11.2. The standard InChI is InChI=1S/C23H31NO2S/c1-4-5-13-27-22-8-6-7-20(15-22)16-24(12-11-23(25)26)17-21-14-18(2)9-10-19(21)3/h6-10,14-15H,4-5,11-13,16-17H2,1-3H3,(H,25,26). The van der Waals surface area contributed by atoms with Gasteiger partial charge in [-0.1, -0.05) is 49.2 Å². The van der Waals surface area contributed by atoms with E-state index < -0.39 is 5.97 Å². The first-order valence-corrected chi connectivity index (χ1v) is 10.7. The third-order valence-electron chi connectivity index (χ3n) is 4.61. The van der Waals surface area contributed by atoms with E-state index in [1.807, 2.05) is 11.8 Å². The van der Waals surface area contributed by atoms with Gasteiger partial charge in [0.05, 0.1) is 6.42 Å². The summed E-state index contributed by atoms with van der Waals surface area (Å²) < 4.78 is 0. The Morgan fingerprint density at radius 1 is 1.11 bits per heavy atom. The molecule has 3 nitrogen and oxygen atoms in total. The molecule has 0 heterocycles. The molecule has 0 aliphatic carbocycles. The fourth-order valence-corrected chi connectivity index (χ4v) is 4.08. The van der Waals surface area contributed by atoms with Gasteiger partial charge < -0.3 is 5.11 Å². The molecule has 1 N–H and O–H groups in total. The Kier molecular flexibility index (Phi) is 8.89. The van der Waals surface area contributed by atoms with Crippen molar-refractivity contribution in [2.45, 2.75) is 58.0 Å². The van der Waals surface area contributed by atoms with E-state index in [0.717, 1.165) is 18.8 Å². The van der Waals surface area contributed by atoms with Crippen LogP contribution in [0.1, 0.15) is 48.4 Å². The van der Waals surface area contributed by atoms with Crippen molar-refractivity contribution in [1.29, 1.82) is 0 Å². The number of carboxylic acids is 1. The summed E-state index contributed by atoms with van der Waals surface area (Å²) in [7, 11) is 0. The summed E-state index contributed by atoms with van der Waals surface area (Å²) >= 11 is 1.90. The smallest absolute Gasteiger partial charge is 0.304 e. The number of benzene rings is 2. The van der Waals surface area contributed by atoms with Crippen LogP contribution in [0.2, 0.25) is 0 Å². The lowest BCUT2D eigenvalue weighted by Gasteiger charge is -2.23. The van der Waals surface area contributed by atoms with Gasteiger partial charge in [0.15, 0.2) is 0 Å². The van der Waals surface area contributed by atoms with Gasteiger partial charge in [-0.15, -0.1) is 11.8 Å². The Morgan fingerprint density at radius 2 is 1.93 bits per heavy atom. The molecule has 0 radical (unpaired) electrons. The zero-order valence-electron chi connectivity index (χ0n) is 16.7. The molecule has 0 aliphatic heterocycles. The highest BCUT2D eigenvalue weighted by Crippen LogP contribution is 2.22. The average molecular weight is 386 g/mol. The predicted octanol–water partition coefficient (Wildman–Crippen LogP) is 5.67. The molecule has 0 bridgehead atoms. The molecule has 146 valence electrons. The van der Waals surface area contributed by atoms with Crippen LogP contribution in [0.5, 0.6) is 0 Å². The van der Waals surface area contributed by atoms with E-state index in [2.05, 4.69) is 68.1 Å². The van der Waals surface area contributed by atoms with Crippen LogP contribution in [0.4, 0.5) is 0 Å². The molecule has 2 aromatic carbocycles. The van der Waals surface area contributed by atoms with Gasteiger partial charge in [-0.25, -0.2) is 0 Å². The van der Waals surface area contributed by atoms with Crippen molar-refractivity contribution in [3.63, 3.8) is 0 Å². The quantitative estimate of drug-likeness (QED) is 0.399. The van der Waals surface area contributed by atoms with Gasteiger partial charge >= 0.3 is 5.97 Å². The summed E-state index contributed by atoms with van der Waals surface area (Å²) in [4.78, 5) is 14.6. The first-order chi connectivity index (χ1) is 13.0. The Morgan fingerprint density at radius 3 is 2.67 bits per heavy atom. The Hall–Kier alpha value is -1.78. The zero-order chi connectivity index (χ0) is 19.6. The number of rotatable bonds is 11. The van der Waals surface area contributed by atoms with Gasteiger partial charge in [0.2, 0.25) is 0 Å². The lowest BCUT2D eigenvalue weighted by atomic mass is 10.0. The molecular formula is C23H31NO2S. The number of carboxylic acid groups (broad SMARTS) is 1. The van der Waals surface area contributed by atoms with E-state index in [9.17, 15) is 4.79 Å². The number of unbranched alkanes of at least 4 members (excludes halogenated alkanes) is 1. The highest BCUT2D eigenvalue weighted by molar-refractivity contribution is 7.99. The first-order valence-electron chi connectivity index (χ1n) is 9.70. The highest BCUT2D eigenvalue weighted by atomic mass is 32.2. The number of thioether (sulfide) groups is 1. The van der Waals surface area contributed by atoms with Crippen LogP contribution in [-0.2, 0) is 17.9 Å². The molecule has 0 saturated heterocycles. The van der Waals surface area contributed by atoms with Crippen molar-refractivity contribution in [3.8, 4) is 0 Å². The highest BCUT2D eigenvalue weighted by Gasteiger charge is 2.11. The van der Waals surface area contributed by atoms with Gasteiger partial charge in [0, 0.05) is 24.5 Å². The number of carbonyl (C=O) groups is 1. The van der Waals surface area contributed by atoms with Crippen LogP contribution in [0, 0.1) is 13.8 Å². The van der Waals surface area contributed by atoms with Gasteiger partial charge in [-0.05, 0) is 54.8 Å². The van der Waals surface area contributed by atoms with E-state index >= 15 is 0 Å². The number of aliphatic carboxylic acids is 1. The van der Waals surface area contributed by atoms with E-state index in [4.69, 9.17) is 5.11 Å². The molecule has 2 aromatic rings. The summed E-state index contributed by atoms with van der Waals surface area (Å²) in [6.45, 7) is 8.52. The van der Waals surface area contributed by atoms with E-state index in [-0.39, 0.29) is 6.42 Å². The normalized spacial score (nSPS) is 11.1. The third-order valence-corrected chi connectivity index (χ3v) is 5.69. The minimum Gasteiger partial charge on any atom is -0.481 e. The van der Waals surface area contributed by atoms with Crippen molar-refractivity contribution in [2.24, 2.45) is 0 Å². The molecule has 27 heavy (non-hydrogen) atoms. The van der Waals surface area contributed by atoms with Crippen LogP contribution in [0.25, 0.3) is 0 Å². The van der Waals surface area contributed by atoms with E-state index in [1.54, 1.807) is 0 Å². The second-order valence-corrected chi connectivity index (χ2v) is 8.30. The van der Waals surface area contributed by atoms with Crippen LogP contribution >= 0.6 is 11.8 Å². The molecule has 0 amide bonds. The Labute approximate surface area is 167 Å². The second-order valence-electron chi connectivity index (χ2n) is 7.13. The van der Waals surface area contributed by atoms with E-state index in [0.29, 0.717) is 6.54 Å². The van der Waals surface area contributed by atoms with Gasteiger partial charge in [0.25, 0.3) is 0 Å². The minimum absolute atomic E-state index is 0.163. The Balaban J connectivity index is 2.10. The molecule has 0 fully saturated rings. The molecule has 0 aromatic heterocycles. The van der Waals surface area contributed by atoms with Gasteiger partial charge in [-0.3, -0.25) is 9.69 Å². The number of hydrogen-bond acceptors (Lipinski definition) is 3. The molecule has 0 saturated carbocycles. The van der Waals surface area contributed by atoms with Gasteiger partial charge in [-0.2, -0.15) is 0 Å². The monoisotopic (exact) mass is 385 g/mol. The summed E-state index contributed by atoms with van der Waals surface area (Å²) in [5, 5.41) is 9.13. The molecular weight excluding hydrogens is 354 g/mol. The fourth-order valence-electron chi connectivity index (χ4n) is 3.01. The molecule has 0 aliphatic rings. The maximum atomic E-state index is 11.1. The minimum atomic E-state index is -0.746. The van der Waals surface area contributed by atoms with Crippen molar-refractivity contribution in [3.05, 3.63) is 64.7 Å². The summed E-state index contributed by atoms with van der Waals surface area (Å²) in [5.74, 6) is 0.398. The number of hydrogen-bond donors (Lipinski definition) is 1. The van der Waals surface area contributed by atoms with Crippen LogP contribution < -0.4 is 0 Å². The fraction of sp³-hybridized carbons (Fsp3) is 0.435. The number of nitrogens with zero attached hydrogens (tertiary/aromatic N) is 1. The lowest BCUT2D eigenvalue weighted by molar-refractivity contribution is -0.137. The summed E-state index contributed by atoms with van der Waals surface area (Å²) in [5.41, 5.74) is 5.01. The van der Waals surface area contributed by atoms with Gasteiger partial charge in [0.1, 0.15) is 0 Å².